The van der Waals surface area contributed by atoms with E-state index in [9.17, 15) is 0 Å². The zero-order valence-corrected chi connectivity index (χ0v) is 26.5. The van der Waals surface area contributed by atoms with Gasteiger partial charge >= 0.3 is 0 Å². The molecule has 5 heteroatoms. The minimum atomic E-state index is 0.104. The van der Waals surface area contributed by atoms with Crippen molar-refractivity contribution in [1.82, 2.24) is 9.78 Å². The van der Waals surface area contributed by atoms with Crippen LogP contribution in [0.25, 0.3) is 16.8 Å². The zero-order valence-electron chi connectivity index (χ0n) is 26.5. The number of fused-ring (bicyclic) bond motifs is 1. The number of nitrogens with zero attached hydrogens (tertiary/aromatic N) is 4. The minimum absolute atomic E-state index is 0.104. The van der Waals surface area contributed by atoms with Crippen LogP contribution in [0, 0.1) is 13.8 Å². The first-order valence-electron chi connectivity index (χ1n) is 15.5. The van der Waals surface area contributed by atoms with Crippen LogP contribution in [-0.2, 0) is 5.41 Å². The lowest BCUT2D eigenvalue weighted by molar-refractivity contribution is 0.482. The van der Waals surface area contributed by atoms with Crippen LogP contribution in [0.2, 0.25) is 0 Å². The Labute approximate surface area is 266 Å². The topological polar surface area (TPSA) is 33.5 Å². The molecule has 0 saturated carbocycles. The van der Waals surface area contributed by atoms with Crippen molar-refractivity contribution in [3.8, 4) is 28.3 Å². The number of anilines is 4. The van der Waals surface area contributed by atoms with Gasteiger partial charge in [-0.25, -0.2) is 4.68 Å². The van der Waals surface area contributed by atoms with Crippen molar-refractivity contribution < 1.29 is 4.74 Å². The van der Waals surface area contributed by atoms with E-state index in [1.165, 1.54) is 33.8 Å². The maximum absolute atomic E-state index is 6.43. The molecular formula is C40H38N4O. The van der Waals surface area contributed by atoms with E-state index in [2.05, 4.69) is 116 Å². The lowest BCUT2D eigenvalue weighted by Crippen LogP contribution is -2.25. The van der Waals surface area contributed by atoms with Crippen molar-refractivity contribution in [2.75, 3.05) is 16.5 Å². The molecule has 0 fully saturated rings. The van der Waals surface area contributed by atoms with Gasteiger partial charge in [0.1, 0.15) is 18.2 Å². The van der Waals surface area contributed by atoms with Gasteiger partial charge < -0.3 is 14.5 Å². The quantitative estimate of drug-likeness (QED) is 0.193. The van der Waals surface area contributed by atoms with Crippen molar-refractivity contribution in [1.29, 1.82) is 0 Å². The van der Waals surface area contributed by atoms with Gasteiger partial charge in [0, 0.05) is 35.3 Å². The Morgan fingerprint density at radius 2 is 1.22 bits per heavy atom. The summed E-state index contributed by atoms with van der Waals surface area (Å²) in [5.41, 5.74) is 12.0. The fourth-order valence-electron chi connectivity index (χ4n) is 6.23. The summed E-state index contributed by atoms with van der Waals surface area (Å²) in [5, 5.41) is 4.61. The van der Waals surface area contributed by atoms with Crippen molar-refractivity contribution >= 4 is 22.7 Å². The summed E-state index contributed by atoms with van der Waals surface area (Å²) in [6.07, 6.45) is 3.94. The van der Waals surface area contributed by atoms with E-state index in [0.29, 0.717) is 0 Å². The lowest BCUT2D eigenvalue weighted by atomic mass is 9.84. The average Bonchev–Trinajstić information content (AvgIpc) is 3.68. The molecule has 0 bridgehead atoms. The Morgan fingerprint density at radius 3 is 1.89 bits per heavy atom. The summed E-state index contributed by atoms with van der Waals surface area (Å²) in [5.74, 6) is 1.54. The van der Waals surface area contributed by atoms with Crippen LogP contribution in [0.4, 0.5) is 22.7 Å². The van der Waals surface area contributed by atoms with Crippen molar-refractivity contribution in [2.45, 2.75) is 40.0 Å². The summed E-state index contributed by atoms with van der Waals surface area (Å²) in [6, 6.07) is 40.0. The Hall–Kier alpha value is -5.29. The van der Waals surface area contributed by atoms with Gasteiger partial charge in [-0.1, -0.05) is 87.5 Å². The molecule has 5 aromatic carbocycles. The summed E-state index contributed by atoms with van der Waals surface area (Å²) >= 11 is 0. The van der Waals surface area contributed by atoms with E-state index < -0.39 is 0 Å². The fraction of sp³-hybridized carbons (Fsp3) is 0.175. The minimum Gasteiger partial charge on any atom is -0.457 e. The molecule has 0 amide bonds. The highest BCUT2D eigenvalue weighted by molar-refractivity contribution is 5.88. The molecule has 0 unspecified atom stereocenters. The Balaban J connectivity index is 1.16. The molecule has 0 aliphatic carbocycles. The molecule has 6 aromatic rings. The van der Waals surface area contributed by atoms with Crippen LogP contribution < -0.4 is 14.5 Å². The van der Waals surface area contributed by atoms with Crippen molar-refractivity contribution in [3.63, 3.8) is 0 Å². The molecule has 1 aromatic heterocycles. The number of para-hydroxylation sites is 2. The van der Waals surface area contributed by atoms with Gasteiger partial charge in [-0.2, -0.15) is 5.10 Å². The van der Waals surface area contributed by atoms with Gasteiger partial charge in [0.2, 0.25) is 0 Å². The van der Waals surface area contributed by atoms with E-state index >= 15 is 0 Å². The Kier molecular flexibility index (Phi) is 7.17. The second kappa shape index (κ2) is 11.3. The molecule has 0 atom stereocenters. The number of benzene rings is 5. The first-order valence-corrected chi connectivity index (χ1v) is 15.5. The number of hydrogen-bond acceptors (Lipinski definition) is 4. The van der Waals surface area contributed by atoms with E-state index in [1.807, 2.05) is 65.6 Å². The van der Waals surface area contributed by atoms with Crippen molar-refractivity contribution in [2.24, 2.45) is 0 Å². The second-order valence-corrected chi connectivity index (χ2v) is 12.8. The van der Waals surface area contributed by atoms with Gasteiger partial charge in [0.25, 0.3) is 0 Å². The van der Waals surface area contributed by atoms with Crippen LogP contribution in [0.1, 0.15) is 37.5 Å². The first kappa shape index (κ1) is 28.5. The van der Waals surface area contributed by atoms with Gasteiger partial charge in [-0.15, -0.1) is 0 Å². The third kappa shape index (κ3) is 5.58. The second-order valence-electron chi connectivity index (χ2n) is 12.8. The van der Waals surface area contributed by atoms with Crippen LogP contribution in [-0.4, -0.2) is 16.4 Å². The van der Waals surface area contributed by atoms with Crippen LogP contribution in [0.5, 0.6) is 11.5 Å². The molecule has 0 saturated heterocycles. The van der Waals surface area contributed by atoms with Crippen molar-refractivity contribution in [3.05, 3.63) is 144 Å². The average molecular weight is 591 g/mol. The summed E-state index contributed by atoms with van der Waals surface area (Å²) in [4.78, 5) is 4.81. The van der Waals surface area contributed by atoms with E-state index in [-0.39, 0.29) is 5.41 Å². The molecule has 0 spiro atoms. The number of aromatic nitrogens is 2. The van der Waals surface area contributed by atoms with Crippen LogP contribution in [0.3, 0.4) is 0 Å². The smallest absolute Gasteiger partial charge is 0.129 e. The highest BCUT2D eigenvalue weighted by atomic mass is 16.5. The third-order valence-corrected chi connectivity index (χ3v) is 8.51. The Morgan fingerprint density at radius 1 is 0.622 bits per heavy atom. The predicted octanol–water partition coefficient (Wildman–Crippen LogP) is 10.5. The lowest BCUT2D eigenvalue weighted by Gasteiger charge is -2.28. The van der Waals surface area contributed by atoms with E-state index in [4.69, 9.17) is 4.74 Å². The molecule has 5 nitrogen and oxygen atoms in total. The van der Waals surface area contributed by atoms with E-state index in [1.54, 1.807) is 0 Å². The fourth-order valence-corrected chi connectivity index (χ4v) is 6.23. The molecule has 2 heterocycles. The largest absolute Gasteiger partial charge is 0.457 e. The zero-order chi connectivity index (χ0) is 31.1. The number of ether oxygens (including phenoxy) is 1. The molecular weight excluding hydrogens is 552 g/mol. The highest BCUT2D eigenvalue weighted by Gasteiger charge is 2.30. The number of aryl methyl sites for hydroxylation is 2. The normalized spacial score (nSPS) is 12.8. The maximum atomic E-state index is 6.43. The van der Waals surface area contributed by atoms with Gasteiger partial charge in [-0.05, 0) is 77.9 Å². The molecule has 1 aliphatic rings. The number of rotatable bonds is 6. The number of hydrogen-bond donors (Lipinski definition) is 0. The van der Waals surface area contributed by atoms with Gasteiger partial charge in [0.15, 0.2) is 0 Å². The molecule has 7 rings (SSSR count). The summed E-state index contributed by atoms with van der Waals surface area (Å²) in [7, 11) is 0. The molecule has 0 N–H and O–H groups in total. The first-order chi connectivity index (χ1) is 21.7. The van der Waals surface area contributed by atoms with Crippen LogP contribution in [0.15, 0.2) is 128 Å². The highest BCUT2D eigenvalue weighted by Crippen LogP contribution is 2.47. The monoisotopic (exact) mass is 590 g/mol. The predicted molar refractivity (Wildman–Crippen MR) is 186 cm³/mol. The molecule has 45 heavy (non-hydrogen) atoms. The Bertz CT molecular complexity index is 1960. The maximum Gasteiger partial charge on any atom is 0.129 e. The van der Waals surface area contributed by atoms with E-state index in [0.717, 1.165) is 40.7 Å². The SMILES string of the molecule is Cc1cc(C(C)(C)C)cc(C)c1N1CN(c2cccc(Oc3cccc(-n4cc(-c5ccccc5)cn4)c3)c2)c2ccccc21. The molecule has 1 aliphatic heterocycles. The third-order valence-electron chi connectivity index (χ3n) is 8.51. The van der Waals surface area contributed by atoms with Crippen LogP contribution >= 0.6 is 0 Å². The standard InChI is InChI=1S/C40H38N4O/c1-28-21-32(40(3,4)5)22-29(2)39(28)43-27-42(37-19-9-10-20-38(37)43)33-15-11-17-35(23-33)45-36-18-12-16-34(24-36)44-26-31(25-41-44)30-13-7-6-8-14-30/h6-26H,27H2,1-5H3. The van der Waals surface area contributed by atoms with Gasteiger partial charge in [0.05, 0.1) is 23.3 Å². The summed E-state index contributed by atoms with van der Waals surface area (Å²) < 4.78 is 8.32. The molecule has 0 radical (unpaired) electrons. The molecule has 224 valence electrons. The summed E-state index contributed by atoms with van der Waals surface area (Å²) in [6.45, 7) is 12.0. The van der Waals surface area contributed by atoms with Gasteiger partial charge in [-0.3, -0.25) is 0 Å².